The van der Waals surface area contributed by atoms with E-state index in [9.17, 15) is 0 Å². The van der Waals surface area contributed by atoms with Crippen LogP contribution in [0.3, 0.4) is 0 Å². The number of halogens is 2. The van der Waals surface area contributed by atoms with E-state index in [2.05, 4.69) is 0 Å². The van der Waals surface area contributed by atoms with Gasteiger partial charge in [-0.2, -0.15) is 23.5 Å². The van der Waals surface area contributed by atoms with Crippen LogP contribution in [0.2, 0.25) is 10.0 Å². The summed E-state index contributed by atoms with van der Waals surface area (Å²) in [7, 11) is 0. The first-order valence-corrected chi connectivity index (χ1v) is 8.52. The van der Waals surface area contributed by atoms with Crippen LogP contribution in [-0.2, 0) is 6.42 Å². The van der Waals surface area contributed by atoms with Gasteiger partial charge in [0.1, 0.15) is 0 Å². The lowest BCUT2D eigenvalue weighted by Crippen LogP contribution is -2.38. The third-order valence-corrected chi connectivity index (χ3v) is 6.47. The number of nitrogens with two attached hydrogens (primary N) is 1. The monoisotopic (exact) mass is 307 g/mol. The summed E-state index contributed by atoms with van der Waals surface area (Å²) >= 11 is 16.3. The van der Waals surface area contributed by atoms with Gasteiger partial charge in [0.2, 0.25) is 0 Å². The summed E-state index contributed by atoms with van der Waals surface area (Å²) in [4.78, 5) is 0. The van der Waals surface area contributed by atoms with Crippen LogP contribution in [0.1, 0.15) is 5.56 Å². The smallest absolute Gasteiger partial charge is 0.0453 e. The fraction of sp³-hybridized carbons (Fsp3) is 0.500. The van der Waals surface area contributed by atoms with Crippen LogP contribution in [-0.4, -0.2) is 28.6 Å². The number of hydrogen-bond acceptors (Lipinski definition) is 3. The molecule has 1 aromatic rings. The molecule has 2 unspecified atom stereocenters. The van der Waals surface area contributed by atoms with Gasteiger partial charge >= 0.3 is 0 Å². The van der Waals surface area contributed by atoms with E-state index < -0.39 is 0 Å². The van der Waals surface area contributed by atoms with Crippen LogP contribution in [0.15, 0.2) is 18.2 Å². The molecule has 1 aromatic carbocycles. The lowest BCUT2D eigenvalue weighted by atomic mass is 10.0. The van der Waals surface area contributed by atoms with Crippen LogP contribution in [0.4, 0.5) is 0 Å². The Hall–Kier alpha value is 0.460. The van der Waals surface area contributed by atoms with Gasteiger partial charge in [-0.1, -0.05) is 29.3 Å². The number of hydrogen-bond donors (Lipinski definition) is 1. The second-order valence-corrected chi connectivity index (χ2v) is 7.36. The maximum absolute atomic E-state index is 6.27. The predicted octanol–water partition coefficient (Wildman–Crippen LogP) is 3.71. The maximum atomic E-state index is 6.27. The summed E-state index contributed by atoms with van der Waals surface area (Å²) in [6.07, 6.45) is 0.761. The average molecular weight is 308 g/mol. The molecule has 0 spiro atoms. The third-order valence-electron chi connectivity index (χ3n) is 2.82. The molecule has 17 heavy (non-hydrogen) atoms. The van der Waals surface area contributed by atoms with Crippen molar-refractivity contribution in [3.8, 4) is 0 Å². The van der Waals surface area contributed by atoms with Crippen LogP contribution in [0, 0.1) is 0 Å². The molecule has 2 atom stereocenters. The minimum absolute atomic E-state index is 0.130. The Labute approximate surface area is 121 Å². The third kappa shape index (κ3) is 3.71. The van der Waals surface area contributed by atoms with E-state index >= 15 is 0 Å². The Bertz CT molecular complexity index is 361. The zero-order valence-electron chi connectivity index (χ0n) is 9.36. The molecule has 0 amide bonds. The molecular formula is C12H15Cl2NS2. The summed E-state index contributed by atoms with van der Waals surface area (Å²) in [5.41, 5.74) is 7.25. The van der Waals surface area contributed by atoms with Crippen molar-refractivity contribution < 1.29 is 0 Å². The Balaban J connectivity index is 2.04. The maximum Gasteiger partial charge on any atom is 0.0453 e. The van der Waals surface area contributed by atoms with E-state index in [4.69, 9.17) is 28.9 Å². The molecule has 94 valence electrons. The van der Waals surface area contributed by atoms with Gasteiger partial charge in [-0.05, 0) is 24.1 Å². The van der Waals surface area contributed by atoms with Crippen LogP contribution in [0.5, 0.6) is 0 Å². The molecule has 1 saturated heterocycles. The molecule has 1 aliphatic heterocycles. The second-order valence-electron chi connectivity index (χ2n) is 4.05. The molecule has 2 rings (SSSR count). The Morgan fingerprint density at radius 2 is 2.00 bits per heavy atom. The molecular weight excluding hydrogens is 293 g/mol. The van der Waals surface area contributed by atoms with Gasteiger partial charge in [0, 0.05) is 38.6 Å². The SMILES string of the molecule is NC(Cc1c(Cl)cccc1Cl)C1CSCCS1. The number of benzene rings is 1. The first-order chi connectivity index (χ1) is 8.18. The molecule has 1 nitrogen and oxygen atoms in total. The zero-order valence-corrected chi connectivity index (χ0v) is 12.5. The quantitative estimate of drug-likeness (QED) is 0.922. The molecule has 0 aliphatic carbocycles. The molecule has 0 radical (unpaired) electrons. The van der Waals surface area contributed by atoms with Gasteiger partial charge < -0.3 is 5.73 Å². The van der Waals surface area contributed by atoms with Crippen molar-refractivity contribution in [1.29, 1.82) is 0 Å². The fourth-order valence-electron chi connectivity index (χ4n) is 1.85. The van der Waals surface area contributed by atoms with Gasteiger partial charge in [-0.15, -0.1) is 0 Å². The van der Waals surface area contributed by atoms with E-state index in [0.29, 0.717) is 5.25 Å². The normalized spacial score (nSPS) is 22.4. The van der Waals surface area contributed by atoms with E-state index in [1.807, 2.05) is 41.7 Å². The van der Waals surface area contributed by atoms with Crippen LogP contribution >= 0.6 is 46.7 Å². The minimum Gasteiger partial charge on any atom is -0.326 e. The molecule has 1 fully saturated rings. The molecule has 0 saturated carbocycles. The van der Waals surface area contributed by atoms with Gasteiger partial charge in [0.25, 0.3) is 0 Å². The number of thioether (sulfide) groups is 2. The van der Waals surface area contributed by atoms with Crippen molar-refractivity contribution in [2.45, 2.75) is 17.7 Å². The van der Waals surface area contributed by atoms with E-state index in [0.717, 1.165) is 27.8 Å². The highest BCUT2D eigenvalue weighted by Gasteiger charge is 2.23. The molecule has 5 heteroatoms. The topological polar surface area (TPSA) is 26.0 Å². The molecule has 1 heterocycles. The molecule has 0 bridgehead atoms. The van der Waals surface area contributed by atoms with E-state index in [1.165, 1.54) is 11.5 Å². The summed E-state index contributed by atoms with van der Waals surface area (Å²) in [6, 6.07) is 5.74. The van der Waals surface area contributed by atoms with Crippen molar-refractivity contribution in [2.24, 2.45) is 5.73 Å². The van der Waals surface area contributed by atoms with E-state index in [1.54, 1.807) is 0 Å². The van der Waals surface area contributed by atoms with Crippen molar-refractivity contribution in [2.75, 3.05) is 17.3 Å². The number of rotatable bonds is 3. The van der Waals surface area contributed by atoms with Crippen molar-refractivity contribution in [3.63, 3.8) is 0 Å². The molecule has 1 aliphatic rings. The van der Waals surface area contributed by atoms with Gasteiger partial charge in [-0.3, -0.25) is 0 Å². The Kier molecular flexibility index (Phi) is 5.37. The fourth-order valence-corrected chi connectivity index (χ4v) is 5.22. The van der Waals surface area contributed by atoms with Gasteiger partial charge in [0.05, 0.1) is 0 Å². The van der Waals surface area contributed by atoms with Crippen molar-refractivity contribution in [3.05, 3.63) is 33.8 Å². The highest BCUT2D eigenvalue weighted by atomic mass is 35.5. The predicted molar refractivity (Wildman–Crippen MR) is 81.7 cm³/mol. The van der Waals surface area contributed by atoms with Crippen LogP contribution < -0.4 is 5.73 Å². The highest BCUT2D eigenvalue weighted by molar-refractivity contribution is 8.06. The second kappa shape index (κ2) is 6.58. The first-order valence-electron chi connectivity index (χ1n) is 5.56. The Morgan fingerprint density at radius 3 is 2.59 bits per heavy atom. The van der Waals surface area contributed by atoms with E-state index in [-0.39, 0.29) is 6.04 Å². The summed E-state index contributed by atoms with van der Waals surface area (Å²) in [5, 5.41) is 1.96. The standard InChI is InChI=1S/C12H15Cl2NS2/c13-9-2-1-3-10(14)8(9)6-11(15)12-7-16-4-5-17-12/h1-3,11-12H,4-7,15H2. The van der Waals surface area contributed by atoms with Crippen LogP contribution in [0.25, 0.3) is 0 Å². The van der Waals surface area contributed by atoms with Crippen molar-refractivity contribution in [1.82, 2.24) is 0 Å². The Morgan fingerprint density at radius 1 is 1.29 bits per heavy atom. The van der Waals surface area contributed by atoms with Gasteiger partial charge in [0.15, 0.2) is 0 Å². The summed E-state index contributed by atoms with van der Waals surface area (Å²) in [6.45, 7) is 0. The minimum atomic E-state index is 0.130. The summed E-state index contributed by atoms with van der Waals surface area (Å²) in [5.74, 6) is 3.56. The molecule has 0 aromatic heterocycles. The molecule has 2 N–H and O–H groups in total. The lowest BCUT2D eigenvalue weighted by molar-refractivity contribution is 0.664. The highest BCUT2D eigenvalue weighted by Crippen LogP contribution is 2.30. The summed E-state index contributed by atoms with van der Waals surface area (Å²) < 4.78 is 0. The van der Waals surface area contributed by atoms with Crippen molar-refractivity contribution >= 4 is 46.7 Å². The average Bonchev–Trinajstić information content (AvgIpc) is 2.35. The van der Waals surface area contributed by atoms with Gasteiger partial charge in [-0.25, -0.2) is 0 Å². The first kappa shape index (κ1) is 13.9. The largest absolute Gasteiger partial charge is 0.326 e. The zero-order chi connectivity index (χ0) is 12.3. The lowest BCUT2D eigenvalue weighted by Gasteiger charge is -2.27.